The van der Waals surface area contributed by atoms with Crippen LogP contribution in [0.1, 0.15) is 10.4 Å². The van der Waals surface area contributed by atoms with Gasteiger partial charge in [0.05, 0.1) is 17.7 Å². The zero-order valence-electron chi connectivity index (χ0n) is 9.98. The Balaban J connectivity index is 2.28. The summed E-state index contributed by atoms with van der Waals surface area (Å²) in [6, 6.07) is 8.49. The predicted octanol–water partition coefficient (Wildman–Crippen LogP) is 3.76. The number of aromatic nitrogens is 1. The van der Waals surface area contributed by atoms with Crippen molar-refractivity contribution in [1.82, 2.24) is 4.98 Å². The molecule has 1 heterocycles. The lowest BCUT2D eigenvalue weighted by atomic mass is 10.2. The van der Waals surface area contributed by atoms with Crippen molar-refractivity contribution in [3.8, 4) is 5.88 Å². The van der Waals surface area contributed by atoms with Gasteiger partial charge in [0.1, 0.15) is 5.69 Å². The van der Waals surface area contributed by atoms with Gasteiger partial charge < -0.3 is 10.1 Å². The summed E-state index contributed by atoms with van der Waals surface area (Å²) >= 11 is 9.30. The number of rotatable bonds is 3. The van der Waals surface area contributed by atoms with Gasteiger partial charge in [-0.2, -0.15) is 0 Å². The Kier molecular flexibility index (Phi) is 4.39. The van der Waals surface area contributed by atoms with Crippen LogP contribution in [0.25, 0.3) is 0 Å². The van der Waals surface area contributed by atoms with Gasteiger partial charge >= 0.3 is 0 Å². The Labute approximate surface area is 123 Å². The second kappa shape index (κ2) is 6.04. The summed E-state index contributed by atoms with van der Waals surface area (Å²) in [6.07, 6.45) is 1.58. The lowest BCUT2D eigenvalue weighted by molar-refractivity contribution is 0.102. The standard InChI is InChI=1S/C13H10BrClN2O2/c1-19-13-11(3-2-6-16-13)17-12(18)9-7-8(14)4-5-10(9)15/h2-7H,1H3,(H,17,18). The van der Waals surface area contributed by atoms with Crippen molar-refractivity contribution in [3.63, 3.8) is 0 Å². The summed E-state index contributed by atoms with van der Waals surface area (Å²) in [4.78, 5) is 16.2. The van der Waals surface area contributed by atoms with E-state index >= 15 is 0 Å². The van der Waals surface area contributed by atoms with Crippen LogP contribution in [0.15, 0.2) is 41.0 Å². The second-order valence-corrected chi connectivity index (χ2v) is 4.96. The van der Waals surface area contributed by atoms with Crippen LogP contribution < -0.4 is 10.1 Å². The highest BCUT2D eigenvalue weighted by Crippen LogP contribution is 2.24. The van der Waals surface area contributed by atoms with E-state index in [1.165, 1.54) is 7.11 Å². The third kappa shape index (κ3) is 3.24. The van der Waals surface area contributed by atoms with Crippen molar-refractivity contribution in [2.24, 2.45) is 0 Å². The van der Waals surface area contributed by atoms with E-state index in [4.69, 9.17) is 16.3 Å². The third-order valence-corrected chi connectivity index (χ3v) is 3.21. The maximum Gasteiger partial charge on any atom is 0.257 e. The first-order valence-corrected chi connectivity index (χ1v) is 6.54. The van der Waals surface area contributed by atoms with E-state index in [0.29, 0.717) is 22.2 Å². The molecule has 0 aliphatic carbocycles. The predicted molar refractivity (Wildman–Crippen MR) is 77.9 cm³/mol. The first kappa shape index (κ1) is 13.8. The Morgan fingerprint density at radius 3 is 2.95 bits per heavy atom. The largest absolute Gasteiger partial charge is 0.480 e. The normalized spacial score (nSPS) is 10.1. The highest BCUT2D eigenvalue weighted by molar-refractivity contribution is 9.10. The summed E-state index contributed by atoms with van der Waals surface area (Å²) in [5.74, 6) is 0.0274. The van der Waals surface area contributed by atoms with Gasteiger partial charge in [-0.25, -0.2) is 4.98 Å². The number of halogens is 2. The molecule has 0 bridgehead atoms. The molecule has 6 heteroatoms. The number of hydrogen-bond donors (Lipinski definition) is 1. The monoisotopic (exact) mass is 340 g/mol. The van der Waals surface area contributed by atoms with Gasteiger partial charge in [0, 0.05) is 10.7 Å². The molecule has 0 saturated heterocycles. The van der Waals surface area contributed by atoms with E-state index in [2.05, 4.69) is 26.2 Å². The molecule has 0 radical (unpaired) electrons. The Morgan fingerprint density at radius 2 is 2.21 bits per heavy atom. The summed E-state index contributed by atoms with van der Waals surface area (Å²) in [7, 11) is 1.49. The minimum absolute atomic E-state index is 0.322. The van der Waals surface area contributed by atoms with E-state index in [1.807, 2.05) is 0 Å². The summed E-state index contributed by atoms with van der Waals surface area (Å²) in [5.41, 5.74) is 0.869. The number of ether oxygens (including phenoxy) is 1. The molecule has 0 unspecified atom stereocenters. The number of anilines is 1. The van der Waals surface area contributed by atoms with Gasteiger partial charge in [0.25, 0.3) is 5.91 Å². The van der Waals surface area contributed by atoms with Crippen molar-refractivity contribution in [1.29, 1.82) is 0 Å². The SMILES string of the molecule is COc1ncccc1NC(=O)c1cc(Br)ccc1Cl. The number of nitrogens with one attached hydrogen (secondary N) is 1. The van der Waals surface area contributed by atoms with Crippen LogP contribution in [-0.2, 0) is 0 Å². The number of amides is 1. The van der Waals surface area contributed by atoms with Gasteiger partial charge in [0.15, 0.2) is 0 Å². The number of benzene rings is 1. The van der Waals surface area contributed by atoms with E-state index in [1.54, 1.807) is 36.5 Å². The third-order valence-electron chi connectivity index (χ3n) is 2.39. The lowest BCUT2D eigenvalue weighted by Crippen LogP contribution is -2.13. The van der Waals surface area contributed by atoms with E-state index in [0.717, 1.165) is 4.47 Å². The molecular formula is C13H10BrClN2O2. The van der Waals surface area contributed by atoms with Crippen LogP contribution in [0.2, 0.25) is 5.02 Å². The molecule has 19 heavy (non-hydrogen) atoms. The summed E-state index contributed by atoms with van der Waals surface area (Å²) in [6.45, 7) is 0. The topological polar surface area (TPSA) is 51.2 Å². The maximum atomic E-state index is 12.2. The van der Waals surface area contributed by atoms with E-state index in [9.17, 15) is 4.79 Å². The van der Waals surface area contributed by atoms with Crippen molar-refractivity contribution in [2.75, 3.05) is 12.4 Å². The quantitative estimate of drug-likeness (QED) is 0.925. The average Bonchev–Trinajstić information content (AvgIpc) is 2.42. The highest BCUT2D eigenvalue weighted by Gasteiger charge is 2.13. The van der Waals surface area contributed by atoms with Crippen molar-refractivity contribution < 1.29 is 9.53 Å². The Morgan fingerprint density at radius 1 is 1.42 bits per heavy atom. The number of nitrogens with zero attached hydrogens (tertiary/aromatic N) is 1. The van der Waals surface area contributed by atoms with Crippen molar-refractivity contribution >= 4 is 39.1 Å². The molecule has 1 aromatic heterocycles. The number of carbonyl (C=O) groups excluding carboxylic acids is 1. The zero-order chi connectivity index (χ0) is 13.8. The van der Waals surface area contributed by atoms with Gasteiger partial charge in [-0.15, -0.1) is 0 Å². The first-order chi connectivity index (χ1) is 9.11. The van der Waals surface area contributed by atoms with Crippen LogP contribution in [0.5, 0.6) is 5.88 Å². The molecule has 98 valence electrons. The number of hydrogen-bond acceptors (Lipinski definition) is 3. The molecule has 0 fully saturated rings. The highest BCUT2D eigenvalue weighted by atomic mass is 79.9. The Hall–Kier alpha value is -1.59. The molecule has 1 amide bonds. The fraction of sp³-hybridized carbons (Fsp3) is 0.0769. The van der Waals surface area contributed by atoms with E-state index in [-0.39, 0.29) is 5.91 Å². The molecular weight excluding hydrogens is 332 g/mol. The van der Waals surface area contributed by atoms with E-state index < -0.39 is 0 Å². The van der Waals surface area contributed by atoms with Gasteiger partial charge in [0.2, 0.25) is 5.88 Å². The number of methoxy groups -OCH3 is 1. The average molecular weight is 342 g/mol. The molecule has 2 rings (SSSR count). The van der Waals surface area contributed by atoms with Gasteiger partial charge in [-0.3, -0.25) is 4.79 Å². The van der Waals surface area contributed by atoms with Gasteiger partial charge in [-0.05, 0) is 30.3 Å². The van der Waals surface area contributed by atoms with Gasteiger partial charge in [-0.1, -0.05) is 27.5 Å². The molecule has 0 spiro atoms. The first-order valence-electron chi connectivity index (χ1n) is 5.37. The minimum atomic E-state index is -0.322. The molecule has 2 aromatic rings. The molecule has 1 N–H and O–H groups in total. The van der Waals surface area contributed by atoms with Crippen LogP contribution in [0.3, 0.4) is 0 Å². The van der Waals surface area contributed by atoms with Crippen molar-refractivity contribution in [3.05, 3.63) is 51.6 Å². The molecule has 1 aromatic carbocycles. The molecule has 0 saturated carbocycles. The molecule has 0 atom stereocenters. The summed E-state index contributed by atoms with van der Waals surface area (Å²) < 4.78 is 5.85. The van der Waals surface area contributed by atoms with Crippen LogP contribution in [0.4, 0.5) is 5.69 Å². The lowest BCUT2D eigenvalue weighted by Gasteiger charge is -2.09. The number of carbonyl (C=O) groups is 1. The Bertz CT molecular complexity index is 619. The minimum Gasteiger partial charge on any atom is -0.480 e. The number of pyridine rings is 1. The molecule has 4 nitrogen and oxygen atoms in total. The van der Waals surface area contributed by atoms with Crippen LogP contribution in [-0.4, -0.2) is 18.0 Å². The molecule has 0 aliphatic heterocycles. The van der Waals surface area contributed by atoms with Crippen LogP contribution in [0, 0.1) is 0 Å². The fourth-order valence-electron chi connectivity index (χ4n) is 1.51. The second-order valence-electron chi connectivity index (χ2n) is 3.64. The maximum absolute atomic E-state index is 12.2. The fourth-order valence-corrected chi connectivity index (χ4v) is 2.07. The molecule has 0 aliphatic rings. The van der Waals surface area contributed by atoms with Crippen LogP contribution >= 0.6 is 27.5 Å². The summed E-state index contributed by atoms with van der Waals surface area (Å²) in [5, 5.41) is 3.09. The zero-order valence-corrected chi connectivity index (χ0v) is 12.3. The smallest absolute Gasteiger partial charge is 0.257 e. The van der Waals surface area contributed by atoms with Crippen molar-refractivity contribution in [2.45, 2.75) is 0 Å².